The number of carbonyl (C=O) groups is 3. The van der Waals surface area contributed by atoms with Crippen molar-refractivity contribution in [2.45, 2.75) is 198 Å². The van der Waals surface area contributed by atoms with Gasteiger partial charge in [-0.3, -0.25) is 4.79 Å². The lowest BCUT2D eigenvalue weighted by Gasteiger charge is -2.71. The molecule has 0 aromatic carbocycles. The predicted molar refractivity (Wildman–Crippen MR) is 231 cm³/mol. The average molecular weight is 971 g/mol. The third-order valence-corrected chi connectivity index (χ3v) is 19.1. The second-order valence-corrected chi connectivity index (χ2v) is 23.0. The maximum Gasteiger partial charge on any atom is 0.337 e. The highest BCUT2D eigenvalue weighted by Gasteiger charge is 2.72. The Balaban J connectivity index is 1.13. The number of aldehydes is 1. The van der Waals surface area contributed by atoms with Crippen LogP contribution in [-0.4, -0.2) is 188 Å². The van der Waals surface area contributed by atoms with Gasteiger partial charge in [-0.2, -0.15) is 0 Å². The molecule has 3 heterocycles. The highest BCUT2D eigenvalue weighted by Crippen LogP contribution is 2.76. The first kappa shape index (κ1) is 52.1. The molecule has 24 atom stereocenters. The summed E-state index contributed by atoms with van der Waals surface area (Å²) in [6.07, 6.45) is -19.5. The zero-order valence-electron chi connectivity index (χ0n) is 40.0. The average Bonchev–Trinajstić information content (AvgIpc) is 3.28. The van der Waals surface area contributed by atoms with Crippen LogP contribution in [0.1, 0.15) is 99.3 Å². The van der Waals surface area contributed by atoms with Crippen molar-refractivity contribution in [3.8, 4) is 0 Å². The number of carboxylic acids is 1. The van der Waals surface area contributed by atoms with Gasteiger partial charge in [-0.05, 0) is 97.2 Å². The van der Waals surface area contributed by atoms with Gasteiger partial charge in [-0.25, -0.2) is 4.79 Å². The van der Waals surface area contributed by atoms with E-state index in [9.17, 15) is 65.4 Å². The number of fused-ring (bicyclic) bond motifs is 7. The van der Waals surface area contributed by atoms with E-state index in [1.165, 1.54) is 0 Å². The van der Waals surface area contributed by atoms with Gasteiger partial charge < -0.3 is 89.0 Å². The quantitative estimate of drug-likeness (QED) is 0.0580. The molecular weight excluding hydrogens is 897 g/mol. The summed E-state index contributed by atoms with van der Waals surface area (Å²) in [5.41, 5.74) is -3.00. The zero-order valence-corrected chi connectivity index (χ0v) is 40.0. The van der Waals surface area contributed by atoms with Gasteiger partial charge >= 0.3 is 11.9 Å². The van der Waals surface area contributed by atoms with E-state index in [0.29, 0.717) is 51.4 Å². The zero-order chi connectivity index (χ0) is 49.8. The standard InChI is InChI=1S/C48H74O20/c1-43(2)14-15-48(42(60)61)22(16-43)21-8-9-26-44(3)12-11-28(45(4,20-50)25(44)10-13-46(26,5)47(21,6)17-27(48)52)65-41-37(68-40-33(57)31(55)30(54)24(18-49)64-40)35(34(58)36(67-41)38(59)62-7)66-39-32(56)29(53)23(51)19-63-39/h8,20,22-37,39-41,49,51-58H,9-19H2,1-7H3,(H,60,61)/t22-,23+,24+,25+,26+,27+,28-,29-,30-,31-,32+,33+,34-,35-,36-,37+,39-,40-,41+,44-,45-,46+,47+,48+/m0/s1. The summed E-state index contributed by atoms with van der Waals surface area (Å²) in [7, 11) is 1.05. The predicted octanol–water partition coefficient (Wildman–Crippen LogP) is -0.324. The van der Waals surface area contributed by atoms with Gasteiger partial charge in [0, 0.05) is 0 Å². The van der Waals surface area contributed by atoms with Crippen molar-refractivity contribution in [2.24, 2.45) is 50.2 Å². The van der Waals surface area contributed by atoms with Crippen molar-refractivity contribution in [1.29, 1.82) is 0 Å². The van der Waals surface area contributed by atoms with Crippen molar-refractivity contribution >= 4 is 18.2 Å². The normalized spacial score (nSPS) is 53.4. The number of ether oxygens (including phenoxy) is 7. The van der Waals surface area contributed by atoms with E-state index in [1.54, 1.807) is 6.92 Å². The Morgan fingerprint density at radius 2 is 1.43 bits per heavy atom. The molecule has 20 heteroatoms. The molecule has 8 rings (SSSR count). The largest absolute Gasteiger partial charge is 0.481 e. The summed E-state index contributed by atoms with van der Waals surface area (Å²) >= 11 is 0. The number of rotatable bonds is 10. The number of hydrogen-bond acceptors (Lipinski definition) is 19. The molecule has 0 aromatic rings. The fraction of sp³-hybridized carbons (Fsp3) is 0.896. The first-order valence-corrected chi connectivity index (χ1v) is 24.2. The maximum absolute atomic E-state index is 13.9. The first-order chi connectivity index (χ1) is 31.8. The minimum absolute atomic E-state index is 0.00975. The van der Waals surface area contributed by atoms with Gasteiger partial charge in [-0.15, -0.1) is 0 Å². The third-order valence-electron chi connectivity index (χ3n) is 19.1. The van der Waals surface area contributed by atoms with Gasteiger partial charge in [0.25, 0.3) is 0 Å². The molecule has 8 aliphatic rings. The number of methoxy groups -OCH3 is 1. The highest BCUT2D eigenvalue weighted by atomic mass is 16.8. The lowest BCUT2D eigenvalue weighted by Crippen LogP contribution is -2.69. The number of esters is 1. The van der Waals surface area contributed by atoms with Crippen molar-refractivity contribution in [3.63, 3.8) is 0 Å². The molecule has 0 amide bonds. The van der Waals surface area contributed by atoms with Crippen molar-refractivity contribution in [1.82, 2.24) is 0 Å². The van der Waals surface area contributed by atoms with E-state index in [2.05, 4.69) is 40.7 Å². The Hall–Kier alpha value is -2.25. The number of aliphatic hydroxyl groups excluding tert-OH is 9. The second kappa shape index (κ2) is 18.4. The molecular formula is C48H74O20. The smallest absolute Gasteiger partial charge is 0.337 e. The molecule has 0 spiro atoms. The number of allylic oxidation sites excluding steroid dienone is 2. The summed E-state index contributed by atoms with van der Waals surface area (Å²) in [6.45, 7) is 11.5. The van der Waals surface area contributed by atoms with Crippen molar-refractivity contribution < 1.29 is 98.6 Å². The molecule has 0 aromatic heterocycles. The third kappa shape index (κ3) is 7.86. The van der Waals surface area contributed by atoms with E-state index in [4.69, 9.17) is 33.2 Å². The molecule has 386 valence electrons. The molecule has 20 nitrogen and oxygen atoms in total. The van der Waals surface area contributed by atoms with Crippen LogP contribution in [0.15, 0.2) is 11.6 Å². The SMILES string of the molecule is COC(=O)[C@H]1O[C@@H](O[C@H]2CC[C@]3(C)[C@H]4CC=C5[C@@H]6CC(C)(C)CC[C@]6(C(=O)O)[C@H](O)C[C@@]5(C)[C@]4(C)CC[C@H]3[C@]2(C)C=O)[C@H](O[C@@H]2O[C@H](CO)[C@H](O)[C@H](O)[C@H]2O)[C@@H](O[C@@H]2OC[C@@H](O)[C@H](O)[C@H]2O)[C@@H]1O. The molecule has 0 bridgehead atoms. The molecule has 0 radical (unpaired) electrons. The molecule has 4 saturated carbocycles. The Kier molecular flexibility index (Phi) is 14.1. The van der Waals surface area contributed by atoms with E-state index in [0.717, 1.165) is 19.0 Å². The van der Waals surface area contributed by atoms with Crippen LogP contribution >= 0.6 is 0 Å². The Labute approximate surface area is 395 Å². The van der Waals surface area contributed by atoms with Crippen molar-refractivity contribution in [2.75, 3.05) is 20.3 Å². The van der Waals surface area contributed by atoms with Crippen LogP contribution in [-0.2, 0) is 47.5 Å². The van der Waals surface area contributed by atoms with Crippen LogP contribution in [0.5, 0.6) is 0 Å². The second-order valence-electron chi connectivity index (χ2n) is 23.0. The number of aliphatic carboxylic acids is 1. The Morgan fingerprint density at radius 3 is 2.07 bits per heavy atom. The minimum Gasteiger partial charge on any atom is -0.481 e. The lowest BCUT2D eigenvalue weighted by molar-refractivity contribution is -0.391. The van der Waals surface area contributed by atoms with E-state index in [-0.39, 0.29) is 29.6 Å². The van der Waals surface area contributed by atoms with Crippen molar-refractivity contribution in [3.05, 3.63) is 11.6 Å². The van der Waals surface area contributed by atoms with E-state index >= 15 is 0 Å². The van der Waals surface area contributed by atoms with Crippen LogP contribution in [0.4, 0.5) is 0 Å². The van der Waals surface area contributed by atoms with Crippen LogP contribution in [0.3, 0.4) is 0 Å². The molecule has 10 N–H and O–H groups in total. The molecule has 5 aliphatic carbocycles. The number of carboxylic acid groups (broad SMARTS) is 1. The van der Waals surface area contributed by atoms with Gasteiger partial charge in [-0.1, -0.05) is 53.2 Å². The van der Waals surface area contributed by atoms with Gasteiger partial charge in [0.1, 0.15) is 72.7 Å². The van der Waals surface area contributed by atoms with Crippen LogP contribution < -0.4 is 0 Å². The number of hydrogen-bond donors (Lipinski definition) is 10. The Bertz CT molecular complexity index is 1930. The highest BCUT2D eigenvalue weighted by molar-refractivity contribution is 5.78. The first-order valence-electron chi connectivity index (χ1n) is 24.2. The summed E-state index contributed by atoms with van der Waals surface area (Å²) in [5.74, 6) is -2.71. The monoisotopic (exact) mass is 970 g/mol. The van der Waals surface area contributed by atoms with Crippen LogP contribution in [0.2, 0.25) is 0 Å². The molecule has 3 saturated heterocycles. The fourth-order valence-electron chi connectivity index (χ4n) is 14.9. The van der Waals surface area contributed by atoms with Gasteiger partial charge in [0.2, 0.25) is 0 Å². The summed E-state index contributed by atoms with van der Waals surface area (Å²) in [4.78, 5) is 40.4. The molecule has 3 aliphatic heterocycles. The number of aliphatic hydroxyl groups is 9. The lowest BCUT2D eigenvalue weighted by atomic mass is 9.33. The van der Waals surface area contributed by atoms with Crippen LogP contribution in [0, 0.1) is 50.2 Å². The van der Waals surface area contributed by atoms with E-state index < -0.39 is 150 Å². The maximum atomic E-state index is 13.9. The van der Waals surface area contributed by atoms with E-state index in [1.807, 2.05) is 0 Å². The molecule has 7 fully saturated rings. The minimum atomic E-state index is -2.01. The fourth-order valence-corrected chi connectivity index (χ4v) is 14.9. The van der Waals surface area contributed by atoms with Gasteiger partial charge in [0.15, 0.2) is 25.0 Å². The topological polar surface area (TPSA) is 318 Å². The molecule has 0 unspecified atom stereocenters. The molecule has 68 heavy (non-hydrogen) atoms. The van der Waals surface area contributed by atoms with Gasteiger partial charge in [0.05, 0.1) is 37.9 Å². The number of carbonyl (C=O) groups excluding carboxylic acids is 2. The Morgan fingerprint density at radius 1 is 0.750 bits per heavy atom. The summed E-state index contributed by atoms with van der Waals surface area (Å²) in [6, 6.07) is 0. The van der Waals surface area contributed by atoms with Crippen LogP contribution in [0.25, 0.3) is 0 Å². The summed E-state index contributed by atoms with van der Waals surface area (Å²) in [5, 5.41) is 109. The summed E-state index contributed by atoms with van der Waals surface area (Å²) < 4.78 is 41.4.